The Kier molecular flexibility index (Phi) is 5.76. The minimum Gasteiger partial charge on any atom is -0.392 e. The predicted octanol–water partition coefficient (Wildman–Crippen LogP) is 1.42. The lowest BCUT2D eigenvalue weighted by Crippen LogP contribution is -2.33. The molecule has 0 saturated heterocycles. The zero-order valence-corrected chi connectivity index (χ0v) is 12.4. The SMILES string of the molecule is CC(C)CC(O)CNS(=O)(=O)c1ccc(F)cc1[N+](=O)[O-]. The molecule has 1 aromatic carbocycles. The van der Waals surface area contributed by atoms with E-state index in [-0.39, 0.29) is 12.5 Å². The molecule has 0 spiro atoms. The highest BCUT2D eigenvalue weighted by Crippen LogP contribution is 2.24. The summed E-state index contributed by atoms with van der Waals surface area (Å²) in [4.78, 5) is 9.20. The Morgan fingerprint density at radius 2 is 2.05 bits per heavy atom. The lowest BCUT2D eigenvalue weighted by molar-refractivity contribution is -0.388. The molecular formula is C12H17FN2O5S. The van der Waals surface area contributed by atoms with Gasteiger partial charge < -0.3 is 5.11 Å². The molecular weight excluding hydrogens is 303 g/mol. The third kappa shape index (κ3) is 5.03. The number of rotatable bonds is 7. The van der Waals surface area contributed by atoms with Gasteiger partial charge >= 0.3 is 0 Å². The van der Waals surface area contributed by atoms with Gasteiger partial charge in [0.15, 0.2) is 4.90 Å². The van der Waals surface area contributed by atoms with E-state index in [9.17, 15) is 28.0 Å². The molecule has 1 rings (SSSR count). The molecule has 0 radical (unpaired) electrons. The number of hydrogen-bond donors (Lipinski definition) is 2. The Bertz CT molecular complexity index is 618. The highest BCUT2D eigenvalue weighted by Gasteiger charge is 2.26. The molecule has 9 heteroatoms. The molecule has 118 valence electrons. The molecule has 0 aromatic heterocycles. The number of sulfonamides is 1. The van der Waals surface area contributed by atoms with Crippen molar-refractivity contribution in [1.29, 1.82) is 0 Å². The molecule has 0 aliphatic heterocycles. The van der Waals surface area contributed by atoms with Crippen LogP contribution in [0.25, 0.3) is 0 Å². The van der Waals surface area contributed by atoms with Crippen LogP contribution in [-0.4, -0.2) is 31.1 Å². The van der Waals surface area contributed by atoms with E-state index in [0.717, 1.165) is 12.1 Å². The normalized spacial score (nSPS) is 13.4. The van der Waals surface area contributed by atoms with Crippen molar-refractivity contribution in [3.8, 4) is 0 Å². The number of aliphatic hydroxyl groups is 1. The zero-order valence-electron chi connectivity index (χ0n) is 11.6. The molecule has 0 heterocycles. The van der Waals surface area contributed by atoms with Crippen molar-refractivity contribution in [3.05, 3.63) is 34.1 Å². The number of hydrogen-bond acceptors (Lipinski definition) is 5. The Morgan fingerprint density at radius 3 is 2.57 bits per heavy atom. The summed E-state index contributed by atoms with van der Waals surface area (Å²) in [7, 11) is -4.20. The van der Waals surface area contributed by atoms with Crippen molar-refractivity contribution in [2.45, 2.75) is 31.3 Å². The number of nitrogens with zero attached hydrogens (tertiary/aromatic N) is 1. The van der Waals surface area contributed by atoms with Gasteiger partial charge in [0.2, 0.25) is 10.0 Å². The number of nitro groups is 1. The first-order chi connectivity index (χ1) is 9.63. The Hall–Kier alpha value is -1.58. The Labute approximate surface area is 122 Å². The first-order valence-electron chi connectivity index (χ1n) is 6.25. The van der Waals surface area contributed by atoms with Crippen molar-refractivity contribution in [3.63, 3.8) is 0 Å². The minimum atomic E-state index is -4.20. The van der Waals surface area contributed by atoms with Gasteiger partial charge in [-0.3, -0.25) is 10.1 Å². The van der Waals surface area contributed by atoms with Crippen LogP contribution in [0.5, 0.6) is 0 Å². The lowest BCUT2D eigenvalue weighted by Gasteiger charge is -2.14. The molecule has 1 aromatic rings. The predicted molar refractivity (Wildman–Crippen MR) is 73.7 cm³/mol. The monoisotopic (exact) mass is 320 g/mol. The van der Waals surface area contributed by atoms with Gasteiger partial charge in [-0.15, -0.1) is 0 Å². The van der Waals surface area contributed by atoms with E-state index in [1.54, 1.807) is 0 Å². The van der Waals surface area contributed by atoms with Crippen LogP contribution in [-0.2, 0) is 10.0 Å². The van der Waals surface area contributed by atoms with E-state index in [0.29, 0.717) is 12.5 Å². The van der Waals surface area contributed by atoms with Crippen molar-refractivity contribution in [2.75, 3.05) is 6.54 Å². The van der Waals surface area contributed by atoms with Crippen LogP contribution in [0.4, 0.5) is 10.1 Å². The van der Waals surface area contributed by atoms with E-state index >= 15 is 0 Å². The van der Waals surface area contributed by atoms with E-state index < -0.39 is 37.5 Å². The lowest BCUT2D eigenvalue weighted by atomic mass is 10.1. The summed E-state index contributed by atoms with van der Waals surface area (Å²) >= 11 is 0. The third-order valence-corrected chi connectivity index (χ3v) is 4.13. The van der Waals surface area contributed by atoms with Crippen molar-refractivity contribution in [1.82, 2.24) is 4.72 Å². The van der Waals surface area contributed by atoms with E-state index in [1.165, 1.54) is 0 Å². The zero-order chi connectivity index (χ0) is 16.2. The maximum absolute atomic E-state index is 13.0. The molecule has 0 aliphatic rings. The molecule has 2 N–H and O–H groups in total. The highest BCUT2D eigenvalue weighted by molar-refractivity contribution is 7.89. The molecule has 0 fully saturated rings. The summed E-state index contributed by atoms with van der Waals surface area (Å²) < 4.78 is 39.1. The van der Waals surface area contributed by atoms with Crippen LogP contribution >= 0.6 is 0 Å². The summed E-state index contributed by atoms with van der Waals surface area (Å²) in [6, 6.07) is 2.19. The van der Waals surface area contributed by atoms with Crippen LogP contribution in [0.3, 0.4) is 0 Å². The topological polar surface area (TPSA) is 110 Å². The average molecular weight is 320 g/mol. The maximum atomic E-state index is 13.0. The molecule has 7 nitrogen and oxygen atoms in total. The summed E-state index contributed by atoms with van der Waals surface area (Å²) in [6.45, 7) is 3.46. The molecule has 21 heavy (non-hydrogen) atoms. The van der Waals surface area contributed by atoms with Crippen LogP contribution in [0.1, 0.15) is 20.3 Å². The number of aliphatic hydroxyl groups excluding tert-OH is 1. The second-order valence-electron chi connectivity index (χ2n) is 5.00. The molecule has 0 saturated carbocycles. The first-order valence-corrected chi connectivity index (χ1v) is 7.73. The van der Waals surface area contributed by atoms with E-state index in [4.69, 9.17) is 0 Å². The van der Waals surface area contributed by atoms with E-state index in [2.05, 4.69) is 4.72 Å². The second-order valence-corrected chi connectivity index (χ2v) is 6.74. The van der Waals surface area contributed by atoms with Gasteiger partial charge in [0.05, 0.1) is 17.1 Å². The number of halogens is 1. The standard InChI is InChI=1S/C12H17FN2O5S/c1-8(2)5-10(16)7-14-21(19,20)12-4-3-9(13)6-11(12)15(17)18/h3-4,6,8,10,14,16H,5,7H2,1-2H3. The summed E-state index contributed by atoms with van der Waals surface area (Å²) in [6.07, 6.45) is -0.520. The van der Waals surface area contributed by atoms with Crippen LogP contribution in [0.2, 0.25) is 0 Å². The Morgan fingerprint density at radius 1 is 1.43 bits per heavy atom. The van der Waals surface area contributed by atoms with Gasteiger partial charge in [0.1, 0.15) is 5.82 Å². The summed E-state index contributed by atoms with van der Waals surface area (Å²) in [5.41, 5.74) is -0.846. The second kappa shape index (κ2) is 6.92. The van der Waals surface area contributed by atoms with Gasteiger partial charge in [-0.25, -0.2) is 17.5 Å². The van der Waals surface area contributed by atoms with Crippen LogP contribution < -0.4 is 4.72 Å². The van der Waals surface area contributed by atoms with Gasteiger partial charge in [-0.2, -0.15) is 0 Å². The van der Waals surface area contributed by atoms with Crippen molar-refractivity contribution in [2.24, 2.45) is 5.92 Å². The largest absolute Gasteiger partial charge is 0.392 e. The Balaban J connectivity index is 2.96. The highest BCUT2D eigenvalue weighted by atomic mass is 32.2. The number of nitrogens with one attached hydrogen (secondary N) is 1. The molecule has 0 aliphatic carbocycles. The van der Waals surface area contributed by atoms with Gasteiger partial charge in [0.25, 0.3) is 5.69 Å². The quantitative estimate of drug-likeness (QED) is 0.583. The number of nitro benzene ring substituents is 1. The third-order valence-electron chi connectivity index (χ3n) is 2.66. The molecule has 0 bridgehead atoms. The van der Waals surface area contributed by atoms with E-state index in [1.807, 2.05) is 13.8 Å². The summed E-state index contributed by atoms with van der Waals surface area (Å²) in [5.74, 6) is -0.731. The van der Waals surface area contributed by atoms with Crippen molar-refractivity contribution < 1.29 is 22.8 Å². The number of benzene rings is 1. The summed E-state index contributed by atoms with van der Waals surface area (Å²) in [5, 5.41) is 20.4. The first kappa shape index (κ1) is 17.5. The smallest absolute Gasteiger partial charge is 0.292 e. The fourth-order valence-corrected chi connectivity index (χ4v) is 2.99. The fraction of sp³-hybridized carbons (Fsp3) is 0.500. The van der Waals surface area contributed by atoms with Gasteiger partial charge in [0, 0.05) is 6.54 Å². The minimum absolute atomic E-state index is 0.171. The van der Waals surface area contributed by atoms with Crippen LogP contribution in [0, 0.1) is 21.8 Å². The maximum Gasteiger partial charge on any atom is 0.292 e. The molecule has 0 amide bonds. The molecule has 1 unspecified atom stereocenters. The van der Waals surface area contributed by atoms with Gasteiger partial charge in [-0.05, 0) is 24.5 Å². The fourth-order valence-electron chi connectivity index (χ4n) is 1.77. The molecule has 1 atom stereocenters. The van der Waals surface area contributed by atoms with Gasteiger partial charge in [-0.1, -0.05) is 13.8 Å². The van der Waals surface area contributed by atoms with Crippen molar-refractivity contribution >= 4 is 15.7 Å². The average Bonchev–Trinajstić information content (AvgIpc) is 2.35. The van der Waals surface area contributed by atoms with Crippen LogP contribution in [0.15, 0.2) is 23.1 Å².